The van der Waals surface area contributed by atoms with Crippen molar-refractivity contribution in [1.82, 2.24) is 29.3 Å². The number of halogens is 2. The van der Waals surface area contributed by atoms with Crippen molar-refractivity contribution in [2.75, 3.05) is 24.2 Å². The van der Waals surface area contributed by atoms with Gasteiger partial charge in [0.15, 0.2) is 5.65 Å². The van der Waals surface area contributed by atoms with E-state index in [2.05, 4.69) is 24.8 Å². The predicted molar refractivity (Wildman–Crippen MR) is 122 cm³/mol. The quantitative estimate of drug-likeness (QED) is 0.531. The Balaban J connectivity index is 1.70. The highest BCUT2D eigenvalue weighted by Crippen LogP contribution is 2.38. The fourth-order valence-corrected chi connectivity index (χ4v) is 4.94. The molecule has 0 aromatic carbocycles. The van der Waals surface area contributed by atoms with Gasteiger partial charge in [-0.25, -0.2) is 41.4 Å². The smallest absolute Gasteiger partial charge is 0.282 e. The van der Waals surface area contributed by atoms with Crippen LogP contribution in [0.4, 0.5) is 14.6 Å². The Kier molecular flexibility index (Phi) is 6.29. The molecule has 2 N–H and O–H groups in total. The summed E-state index contributed by atoms with van der Waals surface area (Å²) < 4.78 is 53.5. The third-order valence-corrected chi connectivity index (χ3v) is 7.37. The molecule has 0 saturated carbocycles. The van der Waals surface area contributed by atoms with Crippen molar-refractivity contribution in [3.05, 3.63) is 36.4 Å². The van der Waals surface area contributed by atoms with Gasteiger partial charge in [-0.05, 0) is 26.0 Å². The molecule has 0 radical (unpaired) electrons. The van der Waals surface area contributed by atoms with E-state index in [1.165, 1.54) is 29.2 Å². The summed E-state index contributed by atoms with van der Waals surface area (Å²) in [5, 5.41) is 15.1. The maximum atomic E-state index is 13.2. The highest BCUT2D eigenvalue weighted by molar-refractivity contribution is 7.88. The number of rotatable bonds is 6. The summed E-state index contributed by atoms with van der Waals surface area (Å²) >= 11 is 0. The maximum absolute atomic E-state index is 13.2. The second kappa shape index (κ2) is 8.78. The molecule has 0 amide bonds. The van der Waals surface area contributed by atoms with Gasteiger partial charge in [-0.15, -0.1) is 0 Å². The number of anilines is 1. The minimum atomic E-state index is -3.44. The number of aliphatic hydroxyl groups is 1. The number of alkyl halides is 2. The molecular formula is C21H27F2N7O3S. The molecular weight excluding hydrogens is 468 g/mol. The Morgan fingerprint density at radius 2 is 2.00 bits per heavy atom. The van der Waals surface area contributed by atoms with Crippen LogP contribution >= 0.6 is 0 Å². The number of hydrogen-bond donors (Lipinski definition) is 2. The van der Waals surface area contributed by atoms with Gasteiger partial charge in [0.05, 0.1) is 23.7 Å². The van der Waals surface area contributed by atoms with Crippen molar-refractivity contribution < 1.29 is 22.3 Å². The Labute approximate surface area is 196 Å². The zero-order valence-electron chi connectivity index (χ0n) is 19.2. The van der Waals surface area contributed by atoms with E-state index in [1.807, 2.05) is 18.7 Å². The van der Waals surface area contributed by atoms with E-state index in [9.17, 15) is 22.3 Å². The molecule has 3 aromatic heterocycles. The van der Waals surface area contributed by atoms with Crippen molar-refractivity contribution >= 4 is 21.5 Å². The fraction of sp³-hybridized carbons (Fsp3) is 0.524. The molecule has 1 aliphatic heterocycles. The monoisotopic (exact) mass is 495 g/mol. The van der Waals surface area contributed by atoms with Crippen LogP contribution in [-0.2, 0) is 10.0 Å². The van der Waals surface area contributed by atoms with Crippen LogP contribution < -0.4 is 9.62 Å². The van der Waals surface area contributed by atoms with Crippen LogP contribution in [0.5, 0.6) is 0 Å². The molecule has 4 heterocycles. The zero-order chi connectivity index (χ0) is 24.8. The molecule has 4 unspecified atom stereocenters. The molecule has 4 rings (SSSR count). The van der Waals surface area contributed by atoms with Crippen LogP contribution in [0.25, 0.3) is 17.0 Å². The molecule has 1 fully saturated rings. The number of hydrogen-bond acceptors (Lipinski definition) is 8. The Morgan fingerprint density at radius 3 is 2.68 bits per heavy atom. The highest BCUT2D eigenvalue weighted by Gasteiger charge is 2.47. The first kappa shape index (κ1) is 24.4. The summed E-state index contributed by atoms with van der Waals surface area (Å²) in [5.74, 6) is -0.0563. The van der Waals surface area contributed by atoms with Crippen LogP contribution in [0.2, 0.25) is 0 Å². The summed E-state index contributed by atoms with van der Waals surface area (Å²) in [6.07, 6.45) is 1.24. The molecule has 1 aliphatic rings. The molecule has 184 valence electrons. The normalized spacial score (nSPS) is 25.9. The highest BCUT2D eigenvalue weighted by atomic mass is 32.2. The summed E-state index contributed by atoms with van der Waals surface area (Å²) in [7, 11) is -3.44. The van der Waals surface area contributed by atoms with Gasteiger partial charge in [0.25, 0.3) is 6.43 Å². The van der Waals surface area contributed by atoms with Crippen molar-refractivity contribution in [2.24, 2.45) is 11.8 Å². The Morgan fingerprint density at radius 1 is 1.26 bits per heavy atom. The third-order valence-electron chi connectivity index (χ3n) is 6.67. The fourth-order valence-electron chi connectivity index (χ4n) is 4.46. The SMILES string of the molecule is CC1C(CNS(C)(=O)=O)C(C)(O)C(C)CN1c1cc(-c2cnc3ccc(C(F)F)nn23)ncn1. The van der Waals surface area contributed by atoms with Gasteiger partial charge in [-0.2, -0.15) is 5.10 Å². The van der Waals surface area contributed by atoms with E-state index in [0.29, 0.717) is 29.4 Å². The van der Waals surface area contributed by atoms with Crippen LogP contribution in [0.3, 0.4) is 0 Å². The molecule has 0 bridgehead atoms. The van der Waals surface area contributed by atoms with Gasteiger partial charge in [0.2, 0.25) is 10.0 Å². The first-order chi connectivity index (χ1) is 15.9. The van der Waals surface area contributed by atoms with Gasteiger partial charge >= 0.3 is 0 Å². The van der Waals surface area contributed by atoms with Crippen molar-refractivity contribution in [2.45, 2.75) is 38.8 Å². The topological polar surface area (TPSA) is 126 Å². The number of fused-ring (bicyclic) bond motifs is 1. The first-order valence-corrected chi connectivity index (χ1v) is 12.7. The van der Waals surface area contributed by atoms with Gasteiger partial charge in [-0.1, -0.05) is 6.92 Å². The maximum Gasteiger partial charge on any atom is 0.282 e. The summed E-state index contributed by atoms with van der Waals surface area (Å²) in [6.45, 7) is 6.06. The molecule has 1 saturated heterocycles. The summed E-state index contributed by atoms with van der Waals surface area (Å²) in [6, 6.07) is 4.14. The average Bonchev–Trinajstić information content (AvgIpc) is 3.18. The number of nitrogens with zero attached hydrogens (tertiary/aromatic N) is 6. The zero-order valence-corrected chi connectivity index (χ0v) is 20.0. The van der Waals surface area contributed by atoms with E-state index < -0.39 is 28.0 Å². The number of piperidine rings is 1. The lowest BCUT2D eigenvalue weighted by Gasteiger charge is -2.51. The van der Waals surface area contributed by atoms with Gasteiger partial charge < -0.3 is 10.0 Å². The lowest BCUT2D eigenvalue weighted by Crippen LogP contribution is -2.63. The minimum absolute atomic E-state index is 0.0688. The summed E-state index contributed by atoms with van der Waals surface area (Å²) in [4.78, 5) is 14.9. The van der Waals surface area contributed by atoms with Crippen LogP contribution in [0.1, 0.15) is 32.9 Å². The van der Waals surface area contributed by atoms with E-state index >= 15 is 0 Å². The van der Waals surface area contributed by atoms with E-state index in [-0.39, 0.29) is 24.2 Å². The molecule has 3 aromatic rings. The average molecular weight is 496 g/mol. The van der Waals surface area contributed by atoms with E-state index in [0.717, 1.165) is 6.26 Å². The second-order valence-corrected chi connectivity index (χ2v) is 10.8. The molecule has 4 atom stereocenters. The lowest BCUT2D eigenvalue weighted by atomic mass is 9.71. The van der Waals surface area contributed by atoms with E-state index in [1.54, 1.807) is 13.0 Å². The van der Waals surface area contributed by atoms with Crippen LogP contribution in [0, 0.1) is 11.8 Å². The number of nitrogens with one attached hydrogen (secondary N) is 1. The largest absolute Gasteiger partial charge is 0.389 e. The first-order valence-electron chi connectivity index (χ1n) is 10.8. The minimum Gasteiger partial charge on any atom is -0.389 e. The summed E-state index contributed by atoms with van der Waals surface area (Å²) in [5.41, 5.74) is -0.202. The standard InChI is InChI=1S/C21H27F2N7O3S/c1-12-10-29(13(2)14(21(12,3)31)8-27-34(4,32)33)19-7-16(25-11-26-19)17-9-24-18-6-5-15(20(22)23)28-30(17)18/h5-7,9,11-14,20,27,31H,8,10H2,1-4H3. The molecule has 0 aliphatic carbocycles. The van der Waals surface area contributed by atoms with Gasteiger partial charge in [0.1, 0.15) is 23.5 Å². The third kappa shape index (κ3) is 4.59. The van der Waals surface area contributed by atoms with Gasteiger partial charge in [0, 0.05) is 37.0 Å². The van der Waals surface area contributed by atoms with E-state index in [4.69, 9.17) is 0 Å². The van der Waals surface area contributed by atoms with Crippen molar-refractivity contribution in [3.8, 4) is 11.4 Å². The molecule has 34 heavy (non-hydrogen) atoms. The second-order valence-electron chi connectivity index (χ2n) is 8.98. The number of sulfonamides is 1. The number of aromatic nitrogens is 5. The molecule has 10 nitrogen and oxygen atoms in total. The molecule has 13 heteroatoms. The number of imidazole rings is 1. The van der Waals surface area contributed by atoms with Crippen molar-refractivity contribution in [1.29, 1.82) is 0 Å². The van der Waals surface area contributed by atoms with Crippen LogP contribution in [0.15, 0.2) is 30.7 Å². The lowest BCUT2D eigenvalue weighted by molar-refractivity contribution is -0.0682. The van der Waals surface area contributed by atoms with Crippen LogP contribution in [-0.4, -0.2) is 69.1 Å². The van der Waals surface area contributed by atoms with Gasteiger partial charge in [-0.3, -0.25) is 0 Å². The Bertz CT molecular complexity index is 1300. The predicted octanol–water partition coefficient (Wildman–Crippen LogP) is 1.88. The molecule has 0 spiro atoms. The Hall–Kier alpha value is -2.77. The van der Waals surface area contributed by atoms with Crippen molar-refractivity contribution in [3.63, 3.8) is 0 Å².